The predicted octanol–water partition coefficient (Wildman–Crippen LogP) is 2.99. The van der Waals surface area contributed by atoms with Gasteiger partial charge in [-0.3, -0.25) is 0 Å². The molecule has 3 heteroatoms. The van der Waals surface area contributed by atoms with Crippen molar-refractivity contribution in [3.63, 3.8) is 0 Å². The Kier molecular flexibility index (Phi) is 4.06. The number of nitriles is 1. The molecule has 0 saturated carbocycles. The Morgan fingerprint density at radius 2 is 1.72 bits per heavy atom. The Balaban J connectivity index is 1.95. The second kappa shape index (κ2) is 5.95. The van der Waals surface area contributed by atoms with Crippen molar-refractivity contribution in [3.8, 4) is 6.07 Å². The monoisotopic (exact) mass is 240 g/mol. The van der Waals surface area contributed by atoms with Crippen LogP contribution in [-0.4, -0.2) is 0 Å². The van der Waals surface area contributed by atoms with Crippen LogP contribution in [0.25, 0.3) is 0 Å². The largest absolute Gasteiger partial charge is 0.309 e. The van der Waals surface area contributed by atoms with Gasteiger partial charge in [0.1, 0.15) is 5.82 Å². The van der Waals surface area contributed by atoms with Crippen LogP contribution in [0.2, 0.25) is 0 Å². The third-order valence-electron chi connectivity index (χ3n) is 2.59. The van der Waals surface area contributed by atoms with Gasteiger partial charge in [0.05, 0.1) is 11.6 Å². The fourth-order valence-electron chi connectivity index (χ4n) is 1.76. The van der Waals surface area contributed by atoms with E-state index in [1.54, 1.807) is 6.07 Å². The first-order valence-corrected chi connectivity index (χ1v) is 5.72. The molecule has 0 aromatic heterocycles. The van der Waals surface area contributed by atoms with Crippen LogP contribution in [0.1, 0.15) is 16.7 Å². The summed E-state index contributed by atoms with van der Waals surface area (Å²) in [5, 5.41) is 12.0. The van der Waals surface area contributed by atoms with E-state index in [9.17, 15) is 4.39 Å². The molecule has 18 heavy (non-hydrogen) atoms. The van der Waals surface area contributed by atoms with E-state index in [1.165, 1.54) is 17.7 Å². The summed E-state index contributed by atoms with van der Waals surface area (Å²) < 4.78 is 13.2. The number of hydrogen-bond donors (Lipinski definition) is 1. The fraction of sp³-hybridized carbons (Fsp3) is 0.133. The molecule has 2 aromatic rings. The molecule has 90 valence electrons. The standard InChI is InChI=1S/C15H13FN2/c16-15-7-13(9-17)6-14(8-15)11-18-10-12-4-2-1-3-5-12/h1-8,18H,10-11H2. The maximum Gasteiger partial charge on any atom is 0.124 e. The highest BCUT2D eigenvalue weighted by atomic mass is 19.1. The molecule has 0 saturated heterocycles. The van der Waals surface area contributed by atoms with Gasteiger partial charge in [-0.2, -0.15) is 5.26 Å². The van der Waals surface area contributed by atoms with Gasteiger partial charge >= 0.3 is 0 Å². The molecule has 0 aliphatic carbocycles. The van der Waals surface area contributed by atoms with Crippen molar-refractivity contribution in [2.24, 2.45) is 0 Å². The fourth-order valence-corrected chi connectivity index (χ4v) is 1.76. The van der Waals surface area contributed by atoms with E-state index in [-0.39, 0.29) is 5.82 Å². The second-order valence-corrected chi connectivity index (χ2v) is 4.05. The van der Waals surface area contributed by atoms with Crippen molar-refractivity contribution in [1.29, 1.82) is 5.26 Å². The lowest BCUT2D eigenvalue weighted by molar-refractivity contribution is 0.619. The van der Waals surface area contributed by atoms with Crippen molar-refractivity contribution >= 4 is 0 Å². The molecule has 0 heterocycles. The van der Waals surface area contributed by atoms with Crippen LogP contribution in [0.3, 0.4) is 0 Å². The molecule has 2 aromatic carbocycles. The number of hydrogen-bond acceptors (Lipinski definition) is 2. The Labute approximate surface area is 106 Å². The Morgan fingerprint density at radius 3 is 2.44 bits per heavy atom. The van der Waals surface area contributed by atoms with Gasteiger partial charge in [0, 0.05) is 13.1 Å². The summed E-state index contributed by atoms with van der Waals surface area (Å²) >= 11 is 0. The lowest BCUT2D eigenvalue weighted by Gasteiger charge is -2.05. The molecule has 0 amide bonds. The lowest BCUT2D eigenvalue weighted by atomic mass is 10.1. The highest BCUT2D eigenvalue weighted by molar-refractivity contribution is 5.33. The SMILES string of the molecule is N#Cc1cc(F)cc(CNCc2ccccc2)c1. The van der Waals surface area contributed by atoms with Crippen LogP contribution in [0, 0.1) is 17.1 Å². The predicted molar refractivity (Wildman–Crippen MR) is 68.1 cm³/mol. The molecular formula is C15H13FN2. The minimum absolute atomic E-state index is 0.353. The summed E-state index contributed by atoms with van der Waals surface area (Å²) in [5.41, 5.74) is 2.31. The van der Waals surface area contributed by atoms with Crippen LogP contribution in [-0.2, 0) is 13.1 Å². The second-order valence-electron chi connectivity index (χ2n) is 4.05. The molecule has 2 rings (SSSR count). The molecule has 0 aliphatic rings. The molecule has 2 nitrogen and oxygen atoms in total. The van der Waals surface area contributed by atoms with Crippen molar-refractivity contribution in [3.05, 3.63) is 71.0 Å². The highest BCUT2D eigenvalue weighted by Gasteiger charge is 2.00. The zero-order valence-corrected chi connectivity index (χ0v) is 9.86. The molecule has 0 aliphatic heterocycles. The van der Waals surface area contributed by atoms with Crippen molar-refractivity contribution < 1.29 is 4.39 Å². The van der Waals surface area contributed by atoms with Gasteiger partial charge in [-0.25, -0.2) is 4.39 Å². The van der Waals surface area contributed by atoms with Crippen molar-refractivity contribution in [2.45, 2.75) is 13.1 Å². The number of rotatable bonds is 4. The molecule has 0 unspecified atom stereocenters. The zero-order valence-electron chi connectivity index (χ0n) is 9.86. The van der Waals surface area contributed by atoms with Gasteiger partial charge in [-0.1, -0.05) is 30.3 Å². The van der Waals surface area contributed by atoms with E-state index in [0.29, 0.717) is 12.1 Å². The van der Waals surface area contributed by atoms with E-state index in [0.717, 1.165) is 12.1 Å². The third kappa shape index (κ3) is 3.41. The third-order valence-corrected chi connectivity index (χ3v) is 2.59. The molecule has 0 radical (unpaired) electrons. The van der Waals surface area contributed by atoms with Crippen LogP contribution < -0.4 is 5.32 Å². The number of halogens is 1. The van der Waals surface area contributed by atoms with Crippen LogP contribution in [0.5, 0.6) is 0 Å². The maximum atomic E-state index is 13.2. The first kappa shape index (κ1) is 12.3. The summed E-state index contributed by atoms with van der Waals surface area (Å²) in [6, 6.07) is 16.3. The van der Waals surface area contributed by atoms with Crippen LogP contribution in [0.15, 0.2) is 48.5 Å². The summed E-state index contributed by atoms with van der Waals surface area (Å²) in [7, 11) is 0. The zero-order chi connectivity index (χ0) is 12.8. The van der Waals surface area contributed by atoms with Gasteiger partial charge < -0.3 is 5.32 Å². The molecule has 0 fully saturated rings. The number of nitrogens with one attached hydrogen (secondary N) is 1. The number of nitrogens with zero attached hydrogens (tertiary/aromatic N) is 1. The minimum atomic E-state index is -0.370. The normalized spacial score (nSPS) is 10.0. The van der Waals surface area contributed by atoms with Crippen LogP contribution >= 0.6 is 0 Å². The summed E-state index contributed by atoms with van der Waals surface area (Å²) in [4.78, 5) is 0. The van der Waals surface area contributed by atoms with Crippen molar-refractivity contribution in [1.82, 2.24) is 5.32 Å². The van der Waals surface area contributed by atoms with Gasteiger partial charge in [0.25, 0.3) is 0 Å². The van der Waals surface area contributed by atoms with Gasteiger partial charge in [-0.05, 0) is 29.3 Å². The Bertz CT molecular complexity index is 558. The van der Waals surface area contributed by atoms with E-state index >= 15 is 0 Å². The first-order chi connectivity index (χ1) is 8.78. The van der Waals surface area contributed by atoms with E-state index in [1.807, 2.05) is 36.4 Å². The molecule has 1 N–H and O–H groups in total. The lowest BCUT2D eigenvalue weighted by Crippen LogP contribution is -2.12. The minimum Gasteiger partial charge on any atom is -0.309 e. The van der Waals surface area contributed by atoms with Gasteiger partial charge in [-0.15, -0.1) is 0 Å². The average molecular weight is 240 g/mol. The summed E-state index contributed by atoms with van der Waals surface area (Å²) in [6.07, 6.45) is 0. The van der Waals surface area contributed by atoms with E-state index in [4.69, 9.17) is 5.26 Å². The number of benzene rings is 2. The van der Waals surface area contributed by atoms with Gasteiger partial charge in [0.2, 0.25) is 0 Å². The molecule has 0 spiro atoms. The summed E-state index contributed by atoms with van der Waals surface area (Å²) in [6.45, 7) is 1.26. The van der Waals surface area contributed by atoms with E-state index < -0.39 is 0 Å². The average Bonchev–Trinajstić information content (AvgIpc) is 2.39. The van der Waals surface area contributed by atoms with E-state index in [2.05, 4.69) is 5.32 Å². The Hall–Kier alpha value is -2.18. The molecule has 0 bridgehead atoms. The maximum absolute atomic E-state index is 13.2. The quantitative estimate of drug-likeness (QED) is 0.891. The molecular weight excluding hydrogens is 227 g/mol. The highest BCUT2D eigenvalue weighted by Crippen LogP contribution is 2.08. The molecule has 0 atom stereocenters. The summed E-state index contributed by atoms with van der Waals surface area (Å²) in [5.74, 6) is -0.370. The van der Waals surface area contributed by atoms with Crippen molar-refractivity contribution in [2.75, 3.05) is 0 Å². The first-order valence-electron chi connectivity index (χ1n) is 5.72. The van der Waals surface area contributed by atoms with Crippen LogP contribution in [0.4, 0.5) is 4.39 Å². The van der Waals surface area contributed by atoms with Gasteiger partial charge in [0.15, 0.2) is 0 Å². The topological polar surface area (TPSA) is 35.8 Å². The smallest absolute Gasteiger partial charge is 0.124 e. The Morgan fingerprint density at radius 1 is 1.00 bits per heavy atom.